The maximum absolute atomic E-state index is 13.4. The molecule has 204 valence electrons. The maximum Gasteiger partial charge on any atom is 0.295 e. The number of likely N-dealkylation sites (tertiary alicyclic amines) is 1. The lowest BCUT2D eigenvalue weighted by Crippen LogP contribution is -2.33. The van der Waals surface area contributed by atoms with Crippen LogP contribution in [0, 0.1) is 0 Å². The van der Waals surface area contributed by atoms with Crippen LogP contribution in [0.3, 0.4) is 0 Å². The number of unbranched alkanes of at least 4 members (excludes halogenated alkanes) is 1. The molecule has 7 heteroatoms. The van der Waals surface area contributed by atoms with Gasteiger partial charge in [0.25, 0.3) is 11.7 Å². The van der Waals surface area contributed by atoms with E-state index in [1.54, 1.807) is 11.0 Å². The molecule has 1 saturated heterocycles. The van der Waals surface area contributed by atoms with E-state index in [9.17, 15) is 14.7 Å². The predicted octanol–water partition coefficient (Wildman–Crippen LogP) is 5.34. The van der Waals surface area contributed by atoms with Crippen LogP contribution in [-0.4, -0.2) is 65.5 Å². The van der Waals surface area contributed by atoms with E-state index in [0.717, 1.165) is 62.2 Å². The summed E-state index contributed by atoms with van der Waals surface area (Å²) in [5.74, 6) is 0.0938. The standard InChI is InChI=1S/C31H40N2O5/c1-5-8-17-37-25-12-9-11-22(20-25)28-27(29(34)23-13-14-26-24(19-23)18-21(4)38-26)30(35)31(36)33(28)16-10-15-32(6-2)7-3/h9,11-14,19-21,28,34H,5-8,10,15-18H2,1-4H3/b29-27+/t21-,28+/m0/s1. The van der Waals surface area contributed by atoms with Crippen molar-refractivity contribution in [3.05, 3.63) is 64.7 Å². The molecule has 2 aliphatic rings. The van der Waals surface area contributed by atoms with Crippen LogP contribution < -0.4 is 9.47 Å². The molecule has 0 spiro atoms. The summed E-state index contributed by atoms with van der Waals surface area (Å²) >= 11 is 0. The summed E-state index contributed by atoms with van der Waals surface area (Å²) in [5, 5.41) is 11.5. The van der Waals surface area contributed by atoms with Gasteiger partial charge < -0.3 is 24.4 Å². The van der Waals surface area contributed by atoms with Gasteiger partial charge in [0.05, 0.1) is 18.2 Å². The Morgan fingerprint density at radius 2 is 1.89 bits per heavy atom. The maximum atomic E-state index is 13.4. The van der Waals surface area contributed by atoms with Gasteiger partial charge >= 0.3 is 0 Å². The first-order valence-electron chi connectivity index (χ1n) is 13.9. The Bertz CT molecular complexity index is 1190. The summed E-state index contributed by atoms with van der Waals surface area (Å²) in [7, 11) is 0. The summed E-state index contributed by atoms with van der Waals surface area (Å²) < 4.78 is 11.7. The third-order valence-corrected chi connectivity index (χ3v) is 7.42. The van der Waals surface area contributed by atoms with Crippen molar-refractivity contribution in [1.29, 1.82) is 0 Å². The van der Waals surface area contributed by atoms with E-state index in [4.69, 9.17) is 9.47 Å². The van der Waals surface area contributed by atoms with E-state index in [2.05, 4.69) is 25.7 Å². The lowest BCUT2D eigenvalue weighted by Gasteiger charge is -2.27. The van der Waals surface area contributed by atoms with Crippen molar-refractivity contribution >= 4 is 17.4 Å². The van der Waals surface area contributed by atoms with Crippen LogP contribution in [0.5, 0.6) is 11.5 Å². The lowest BCUT2D eigenvalue weighted by molar-refractivity contribution is -0.140. The van der Waals surface area contributed by atoms with Gasteiger partial charge in [0.1, 0.15) is 23.4 Å². The van der Waals surface area contributed by atoms with Crippen LogP contribution in [0.2, 0.25) is 0 Å². The number of aliphatic hydroxyl groups is 1. The van der Waals surface area contributed by atoms with Crippen LogP contribution in [0.1, 0.15) is 69.7 Å². The zero-order valence-corrected chi connectivity index (χ0v) is 23.0. The highest BCUT2D eigenvalue weighted by atomic mass is 16.5. The first-order chi connectivity index (χ1) is 18.4. The fourth-order valence-electron chi connectivity index (χ4n) is 5.30. The molecule has 1 amide bonds. The summed E-state index contributed by atoms with van der Waals surface area (Å²) in [6.07, 6.45) is 3.49. The fraction of sp³-hybridized carbons (Fsp3) is 0.484. The van der Waals surface area contributed by atoms with E-state index in [0.29, 0.717) is 24.5 Å². The van der Waals surface area contributed by atoms with Crippen LogP contribution in [0.15, 0.2) is 48.0 Å². The number of benzene rings is 2. The second-order valence-corrected chi connectivity index (χ2v) is 10.1. The van der Waals surface area contributed by atoms with E-state index in [1.165, 1.54) is 0 Å². The van der Waals surface area contributed by atoms with Crippen molar-refractivity contribution in [2.45, 2.75) is 65.5 Å². The molecule has 2 heterocycles. The van der Waals surface area contributed by atoms with Crippen molar-refractivity contribution in [3.8, 4) is 11.5 Å². The van der Waals surface area contributed by atoms with Gasteiger partial charge in [-0.2, -0.15) is 0 Å². The van der Waals surface area contributed by atoms with Crippen molar-refractivity contribution in [1.82, 2.24) is 9.80 Å². The summed E-state index contributed by atoms with van der Waals surface area (Å²) in [4.78, 5) is 30.7. The average molecular weight is 521 g/mol. The smallest absolute Gasteiger partial charge is 0.295 e. The molecule has 2 aliphatic heterocycles. The molecule has 38 heavy (non-hydrogen) atoms. The molecule has 0 unspecified atom stereocenters. The minimum Gasteiger partial charge on any atom is -0.507 e. The SMILES string of the molecule is CCCCOc1cccc([C@@H]2/C(=C(\O)c3ccc4c(c3)C[C@H](C)O4)C(=O)C(=O)N2CCCN(CC)CC)c1. The molecular formula is C31H40N2O5. The van der Waals surface area contributed by atoms with Gasteiger partial charge in [0.2, 0.25) is 0 Å². The molecule has 0 bridgehead atoms. The number of fused-ring (bicyclic) bond motifs is 1. The van der Waals surface area contributed by atoms with E-state index in [1.807, 2.05) is 43.3 Å². The van der Waals surface area contributed by atoms with Gasteiger partial charge in [-0.3, -0.25) is 9.59 Å². The van der Waals surface area contributed by atoms with Gasteiger partial charge in [-0.25, -0.2) is 0 Å². The number of ether oxygens (including phenoxy) is 2. The Labute approximate surface area is 226 Å². The number of Topliss-reactive ketones (excluding diaryl/α,β-unsaturated/α-hetero) is 1. The highest BCUT2D eigenvalue weighted by Gasteiger charge is 2.46. The van der Waals surface area contributed by atoms with Crippen molar-refractivity contribution in [2.75, 3.05) is 32.8 Å². The van der Waals surface area contributed by atoms with Gasteiger partial charge in [0.15, 0.2) is 0 Å². The molecule has 0 saturated carbocycles. The molecule has 7 nitrogen and oxygen atoms in total. The first-order valence-corrected chi connectivity index (χ1v) is 13.9. The van der Waals surface area contributed by atoms with Crippen LogP contribution >= 0.6 is 0 Å². The number of aliphatic hydroxyl groups excluding tert-OH is 1. The topological polar surface area (TPSA) is 79.3 Å². The number of amides is 1. The first kappa shape index (κ1) is 27.7. The summed E-state index contributed by atoms with van der Waals surface area (Å²) in [5.41, 5.74) is 2.37. The molecule has 1 fully saturated rings. The zero-order chi connectivity index (χ0) is 27.2. The number of carbonyl (C=O) groups is 2. The van der Waals surface area contributed by atoms with Gasteiger partial charge in [-0.05, 0) is 80.9 Å². The summed E-state index contributed by atoms with van der Waals surface area (Å²) in [6.45, 7) is 12.0. The monoisotopic (exact) mass is 520 g/mol. The Balaban J connectivity index is 1.72. The number of ketones is 1. The minimum absolute atomic E-state index is 0.0641. The molecule has 0 aromatic heterocycles. The van der Waals surface area contributed by atoms with Crippen LogP contribution in [0.4, 0.5) is 0 Å². The van der Waals surface area contributed by atoms with Crippen molar-refractivity contribution in [2.24, 2.45) is 0 Å². The molecule has 2 aromatic carbocycles. The number of carbonyl (C=O) groups excluding carboxylic acids is 2. The lowest BCUT2D eigenvalue weighted by atomic mass is 9.94. The van der Waals surface area contributed by atoms with Gasteiger partial charge in [0, 0.05) is 18.5 Å². The second-order valence-electron chi connectivity index (χ2n) is 10.1. The van der Waals surface area contributed by atoms with E-state index in [-0.39, 0.29) is 17.4 Å². The number of hydrogen-bond donors (Lipinski definition) is 1. The largest absolute Gasteiger partial charge is 0.507 e. The quantitative estimate of drug-likeness (QED) is 0.176. The third-order valence-electron chi connectivity index (χ3n) is 7.42. The molecule has 4 rings (SSSR count). The normalized spacial score (nSPS) is 20.2. The fourth-order valence-corrected chi connectivity index (χ4v) is 5.30. The Morgan fingerprint density at radius 1 is 1.11 bits per heavy atom. The zero-order valence-electron chi connectivity index (χ0n) is 23.0. The number of hydrogen-bond acceptors (Lipinski definition) is 6. The molecule has 0 radical (unpaired) electrons. The molecule has 1 N–H and O–H groups in total. The van der Waals surface area contributed by atoms with Gasteiger partial charge in [-0.1, -0.05) is 39.3 Å². The molecular weight excluding hydrogens is 480 g/mol. The van der Waals surface area contributed by atoms with Crippen LogP contribution in [-0.2, 0) is 16.0 Å². The number of rotatable bonds is 12. The Hall–Kier alpha value is -3.32. The van der Waals surface area contributed by atoms with Crippen molar-refractivity contribution < 1.29 is 24.2 Å². The highest BCUT2D eigenvalue weighted by molar-refractivity contribution is 6.46. The average Bonchev–Trinajstić information content (AvgIpc) is 3.42. The molecule has 2 aromatic rings. The third kappa shape index (κ3) is 5.88. The Kier molecular flexibility index (Phi) is 9.10. The van der Waals surface area contributed by atoms with Gasteiger partial charge in [-0.15, -0.1) is 0 Å². The van der Waals surface area contributed by atoms with Crippen LogP contribution in [0.25, 0.3) is 5.76 Å². The highest BCUT2D eigenvalue weighted by Crippen LogP contribution is 2.41. The minimum atomic E-state index is -0.690. The number of nitrogens with zero attached hydrogens (tertiary/aromatic N) is 2. The van der Waals surface area contributed by atoms with E-state index < -0.39 is 17.7 Å². The van der Waals surface area contributed by atoms with E-state index >= 15 is 0 Å². The predicted molar refractivity (Wildman–Crippen MR) is 148 cm³/mol. The second kappa shape index (κ2) is 12.5. The summed E-state index contributed by atoms with van der Waals surface area (Å²) in [6, 6.07) is 12.3. The molecule has 0 aliphatic carbocycles. The van der Waals surface area contributed by atoms with Crippen molar-refractivity contribution in [3.63, 3.8) is 0 Å². The Morgan fingerprint density at radius 3 is 2.63 bits per heavy atom. The molecule has 2 atom stereocenters.